The van der Waals surface area contributed by atoms with Crippen LogP contribution >= 0.6 is 35.4 Å². The second-order valence-electron chi connectivity index (χ2n) is 7.34. The van der Waals surface area contributed by atoms with E-state index in [2.05, 4.69) is 16.0 Å². The molecule has 0 unspecified atom stereocenters. The number of anilines is 2. The highest BCUT2D eigenvalue weighted by Gasteiger charge is 2.09. The number of carbonyl (C=O) groups excluding carboxylic acids is 2. The molecule has 0 aliphatic rings. The van der Waals surface area contributed by atoms with E-state index < -0.39 is 5.91 Å². The molecule has 0 bridgehead atoms. The standard InChI is InChI=1S/C25H23Cl2N3O3S/c1-2-3-7-23(31)28-17-5-4-6-18(15-17)29-25(34)30-24(32)13-10-19-9-12-22(33-19)20-11-8-16(26)14-21(20)27/h4-6,8-15H,2-3,7H2,1H3,(H,28,31)(H2,29,30,32,34)/b13-10+. The Morgan fingerprint density at radius 3 is 2.53 bits per heavy atom. The summed E-state index contributed by atoms with van der Waals surface area (Å²) in [5.41, 5.74) is 1.98. The van der Waals surface area contributed by atoms with Gasteiger partial charge < -0.3 is 15.1 Å². The monoisotopic (exact) mass is 515 g/mol. The van der Waals surface area contributed by atoms with Gasteiger partial charge in [0.1, 0.15) is 11.5 Å². The first kappa shape index (κ1) is 25.5. The van der Waals surface area contributed by atoms with Crippen LogP contribution in [-0.2, 0) is 9.59 Å². The Morgan fingerprint density at radius 2 is 1.79 bits per heavy atom. The van der Waals surface area contributed by atoms with Gasteiger partial charge in [-0.25, -0.2) is 0 Å². The second-order valence-corrected chi connectivity index (χ2v) is 8.59. The molecule has 0 atom stereocenters. The van der Waals surface area contributed by atoms with Crippen LogP contribution in [0.2, 0.25) is 10.0 Å². The average Bonchev–Trinajstić information content (AvgIpc) is 3.25. The summed E-state index contributed by atoms with van der Waals surface area (Å²) in [6.45, 7) is 2.03. The van der Waals surface area contributed by atoms with E-state index >= 15 is 0 Å². The van der Waals surface area contributed by atoms with E-state index in [4.69, 9.17) is 39.8 Å². The quantitative estimate of drug-likeness (QED) is 0.224. The van der Waals surface area contributed by atoms with Crippen LogP contribution in [0.1, 0.15) is 31.9 Å². The summed E-state index contributed by atoms with van der Waals surface area (Å²) in [5, 5.41) is 9.47. The Hall–Kier alpha value is -3.13. The molecule has 2 aromatic carbocycles. The van der Waals surface area contributed by atoms with E-state index in [1.807, 2.05) is 6.92 Å². The van der Waals surface area contributed by atoms with Crippen molar-refractivity contribution in [2.45, 2.75) is 26.2 Å². The van der Waals surface area contributed by atoms with Crippen LogP contribution in [0.15, 0.2) is 65.1 Å². The number of hydrogen-bond donors (Lipinski definition) is 3. The first-order valence-corrected chi connectivity index (χ1v) is 11.8. The smallest absolute Gasteiger partial charge is 0.250 e. The number of unbranched alkanes of at least 4 members (excludes halogenated alkanes) is 1. The number of nitrogens with one attached hydrogen (secondary N) is 3. The number of benzene rings is 2. The van der Waals surface area contributed by atoms with Gasteiger partial charge in [0.05, 0.1) is 5.02 Å². The lowest BCUT2D eigenvalue weighted by atomic mass is 10.2. The van der Waals surface area contributed by atoms with Crippen LogP contribution in [0.4, 0.5) is 11.4 Å². The van der Waals surface area contributed by atoms with E-state index in [1.165, 1.54) is 12.2 Å². The molecule has 0 radical (unpaired) electrons. The highest BCUT2D eigenvalue weighted by atomic mass is 35.5. The Balaban J connectivity index is 1.53. The number of thiocarbonyl (C=S) groups is 1. The topological polar surface area (TPSA) is 83.4 Å². The molecule has 1 heterocycles. The molecule has 3 N–H and O–H groups in total. The lowest BCUT2D eigenvalue weighted by molar-refractivity contribution is -0.116. The largest absolute Gasteiger partial charge is 0.457 e. The number of amides is 2. The molecule has 3 rings (SSSR count). The molecule has 0 fully saturated rings. The third-order valence-electron chi connectivity index (χ3n) is 4.62. The van der Waals surface area contributed by atoms with Crippen LogP contribution < -0.4 is 16.0 Å². The molecule has 2 amide bonds. The fourth-order valence-electron chi connectivity index (χ4n) is 2.99. The summed E-state index contributed by atoms with van der Waals surface area (Å²) in [6, 6.07) is 15.7. The van der Waals surface area contributed by atoms with Gasteiger partial charge in [-0.3, -0.25) is 14.9 Å². The fourth-order valence-corrected chi connectivity index (χ4v) is 3.71. The Morgan fingerprint density at radius 1 is 1.03 bits per heavy atom. The molecule has 0 aliphatic heterocycles. The molecule has 0 saturated carbocycles. The van der Waals surface area contributed by atoms with Crippen molar-refractivity contribution in [3.8, 4) is 11.3 Å². The van der Waals surface area contributed by atoms with Crippen molar-refractivity contribution in [1.29, 1.82) is 0 Å². The van der Waals surface area contributed by atoms with Crippen molar-refractivity contribution in [3.63, 3.8) is 0 Å². The van der Waals surface area contributed by atoms with Crippen LogP contribution in [-0.4, -0.2) is 16.9 Å². The Labute approximate surface area is 213 Å². The van der Waals surface area contributed by atoms with E-state index in [0.717, 1.165) is 12.8 Å². The number of furan rings is 1. The number of carbonyl (C=O) groups is 2. The van der Waals surface area contributed by atoms with Gasteiger partial charge >= 0.3 is 0 Å². The predicted octanol–water partition coefficient (Wildman–Crippen LogP) is 6.91. The summed E-state index contributed by atoms with van der Waals surface area (Å²) < 4.78 is 5.73. The second kappa shape index (κ2) is 12.4. The summed E-state index contributed by atoms with van der Waals surface area (Å²) in [4.78, 5) is 24.1. The summed E-state index contributed by atoms with van der Waals surface area (Å²) >= 11 is 17.3. The van der Waals surface area contributed by atoms with Crippen molar-refractivity contribution in [2.24, 2.45) is 0 Å². The van der Waals surface area contributed by atoms with Gasteiger partial charge in [-0.05, 0) is 73.2 Å². The molecule has 1 aromatic heterocycles. The Bertz CT molecular complexity index is 1220. The molecule has 0 saturated heterocycles. The summed E-state index contributed by atoms with van der Waals surface area (Å²) in [6.07, 6.45) is 5.10. The van der Waals surface area contributed by atoms with Gasteiger partial charge in [-0.1, -0.05) is 42.6 Å². The zero-order chi connectivity index (χ0) is 24.5. The van der Waals surface area contributed by atoms with Gasteiger partial charge in [0, 0.05) is 34.5 Å². The highest BCUT2D eigenvalue weighted by Crippen LogP contribution is 2.31. The zero-order valence-electron chi connectivity index (χ0n) is 18.4. The van der Waals surface area contributed by atoms with Crippen molar-refractivity contribution >= 4 is 69.8 Å². The maximum atomic E-state index is 12.2. The van der Waals surface area contributed by atoms with Crippen molar-refractivity contribution in [2.75, 3.05) is 10.6 Å². The van der Waals surface area contributed by atoms with Gasteiger partial charge in [0.15, 0.2) is 5.11 Å². The minimum absolute atomic E-state index is 0.0422. The third kappa shape index (κ3) is 7.73. The number of hydrogen-bond acceptors (Lipinski definition) is 4. The molecular formula is C25H23Cl2N3O3S. The van der Waals surface area contributed by atoms with Crippen LogP contribution in [0.3, 0.4) is 0 Å². The SMILES string of the molecule is CCCCC(=O)Nc1cccc(NC(=S)NC(=O)/C=C/c2ccc(-c3ccc(Cl)cc3Cl)o2)c1. The van der Waals surface area contributed by atoms with Crippen molar-refractivity contribution < 1.29 is 14.0 Å². The first-order chi connectivity index (χ1) is 16.3. The van der Waals surface area contributed by atoms with E-state index in [9.17, 15) is 9.59 Å². The van der Waals surface area contributed by atoms with Crippen molar-refractivity contribution in [3.05, 3.63) is 76.5 Å². The fraction of sp³-hybridized carbons (Fsp3) is 0.160. The van der Waals surface area contributed by atoms with Crippen molar-refractivity contribution in [1.82, 2.24) is 5.32 Å². The lowest BCUT2D eigenvalue weighted by Crippen LogP contribution is -2.32. The summed E-state index contributed by atoms with van der Waals surface area (Å²) in [5.74, 6) is 0.561. The Kier molecular flexibility index (Phi) is 9.27. The molecular weight excluding hydrogens is 493 g/mol. The first-order valence-electron chi connectivity index (χ1n) is 10.6. The summed E-state index contributed by atoms with van der Waals surface area (Å²) in [7, 11) is 0. The number of halogens is 2. The lowest BCUT2D eigenvalue weighted by Gasteiger charge is -2.10. The van der Waals surface area contributed by atoms with E-state index in [0.29, 0.717) is 44.9 Å². The van der Waals surface area contributed by atoms with Gasteiger partial charge in [-0.15, -0.1) is 0 Å². The molecule has 3 aromatic rings. The normalized spacial score (nSPS) is 10.8. The molecule has 0 spiro atoms. The molecule has 34 heavy (non-hydrogen) atoms. The average molecular weight is 516 g/mol. The number of rotatable bonds is 8. The maximum absolute atomic E-state index is 12.2. The van der Waals surface area contributed by atoms with Crippen LogP contribution in [0.5, 0.6) is 0 Å². The molecule has 9 heteroatoms. The third-order valence-corrected chi connectivity index (χ3v) is 5.37. The van der Waals surface area contributed by atoms with Gasteiger partial charge in [0.25, 0.3) is 0 Å². The molecule has 0 aliphatic carbocycles. The zero-order valence-corrected chi connectivity index (χ0v) is 20.7. The van der Waals surface area contributed by atoms with E-state index in [1.54, 1.807) is 54.6 Å². The molecule has 6 nitrogen and oxygen atoms in total. The van der Waals surface area contributed by atoms with Gasteiger partial charge in [0.2, 0.25) is 11.8 Å². The van der Waals surface area contributed by atoms with Crippen LogP contribution in [0, 0.1) is 0 Å². The highest BCUT2D eigenvalue weighted by molar-refractivity contribution is 7.80. The maximum Gasteiger partial charge on any atom is 0.250 e. The van der Waals surface area contributed by atoms with Crippen LogP contribution in [0.25, 0.3) is 17.4 Å². The minimum atomic E-state index is -0.427. The minimum Gasteiger partial charge on any atom is -0.457 e. The molecule has 176 valence electrons. The van der Waals surface area contributed by atoms with E-state index in [-0.39, 0.29) is 11.0 Å². The van der Waals surface area contributed by atoms with Gasteiger partial charge in [-0.2, -0.15) is 0 Å². The predicted molar refractivity (Wildman–Crippen MR) is 142 cm³/mol.